The summed E-state index contributed by atoms with van der Waals surface area (Å²) in [5.41, 5.74) is 4.01. The van der Waals surface area contributed by atoms with Crippen LogP contribution in [-0.2, 0) is 6.54 Å². The van der Waals surface area contributed by atoms with E-state index in [0.29, 0.717) is 12.0 Å². The summed E-state index contributed by atoms with van der Waals surface area (Å²) in [6.45, 7) is 5.48. The number of piperazine rings is 1. The molecule has 2 unspecified atom stereocenters. The fourth-order valence-electron chi connectivity index (χ4n) is 5.88. The highest BCUT2D eigenvalue weighted by Crippen LogP contribution is 2.34. The maximum absolute atomic E-state index is 9.98. The minimum absolute atomic E-state index is 0.196. The zero-order valence-corrected chi connectivity index (χ0v) is 21.2. The number of hydrogen-bond donors (Lipinski definition) is 3. The lowest BCUT2D eigenvalue weighted by molar-refractivity contribution is 0.148. The molecule has 3 fully saturated rings. The Labute approximate surface area is 212 Å². The Balaban J connectivity index is 1.23. The number of anilines is 3. The van der Waals surface area contributed by atoms with Gasteiger partial charge in [-0.1, -0.05) is 25.0 Å². The van der Waals surface area contributed by atoms with Gasteiger partial charge in [-0.25, -0.2) is 4.98 Å². The molecule has 1 aliphatic heterocycles. The topological polar surface area (TPSA) is 94.4 Å². The molecule has 2 aromatic heterocycles. The molecule has 0 radical (unpaired) electrons. The largest absolute Gasteiger partial charge is 0.393 e. The summed E-state index contributed by atoms with van der Waals surface area (Å²) in [6.07, 6.45) is 9.04. The van der Waals surface area contributed by atoms with E-state index in [1.54, 1.807) is 0 Å². The van der Waals surface area contributed by atoms with Crippen molar-refractivity contribution >= 4 is 28.6 Å². The third-order valence-corrected chi connectivity index (χ3v) is 8.10. The quantitative estimate of drug-likeness (QED) is 0.461. The van der Waals surface area contributed by atoms with Gasteiger partial charge >= 0.3 is 0 Å². The summed E-state index contributed by atoms with van der Waals surface area (Å²) < 4.78 is 2.24. The molecule has 1 saturated heterocycles. The Morgan fingerprint density at radius 3 is 2.47 bits per heavy atom. The molecule has 2 saturated carbocycles. The van der Waals surface area contributed by atoms with Crippen molar-refractivity contribution in [2.24, 2.45) is 0 Å². The summed E-state index contributed by atoms with van der Waals surface area (Å²) >= 11 is 0. The van der Waals surface area contributed by atoms with Gasteiger partial charge in [-0.15, -0.1) is 0 Å². The normalized spacial score (nSPS) is 24.1. The van der Waals surface area contributed by atoms with Crippen molar-refractivity contribution in [2.75, 3.05) is 43.9 Å². The van der Waals surface area contributed by atoms with E-state index in [-0.39, 0.29) is 12.1 Å². The van der Waals surface area contributed by atoms with Crippen LogP contribution >= 0.6 is 0 Å². The van der Waals surface area contributed by atoms with Gasteiger partial charge < -0.3 is 25.2 Å². The molecule has 0 bridgehead atoms. The highest BCUT2D eigenvalue weighted by molar-refractivity contribution is 5.86. The molecule has 36 heavy (non-hydrogen) atoms. The molecule has 3 heterocycles. The van der Waals surface area contributed by atoms with E-state index in [2.05, 4.69) is 56.3 Å². The van der Waals surface area contributed by atoms with Crippen LogP contribution in [0.15, 0.2) is 30.6 Å². The SMILES string of the molecule is CN1CCN(Cc2ccc(Nc3nc(NC4CCC(O)C4)nc4c3ncn4C3CCCC3)cc2)CC1. The third kappa shape index (κ3) is 5.19. The number of likely N-dealkylation sites (N-methyl/N-ethyl adjacent to an activating group) is 1. The van der Waals surface area contributed by atoms with Gasteiger partial charge in [0.1, 0.15) is 0 Å². The first-order chi connectivity index (χ1) is 17.6. The zero-order chi connectivity index (χ0) is 24.5. The number of nitrogens with one attached hydrogen (secondary N) is 2. The Bertz CT molecular complexity index is 1160. The van der Waals surface area contributed by atoms with Gasteiger partial charge in [0.15, 0.2) is 17.0 Å². The van der Waals surface area contributed by atoms with Gasteiger partial charge in [0.2, 0.25) is 5.95 Å². The summed E-state index contributed by atoms with van der Waals surface area (Å²) in [5.74, 6) is 1.33. The fourth-order valence-corrected chi connectivity index (χ4v) is 5.88. The predicted octanol–water partition coefficient (Wildman–Crippen LogP) is 3.76. The summed E-state index contributed by atoms with van der Waals surface area (Å²) in [5, 5.41) is 17.0. The highest BCUT2D eigenvalue weighted by atomic mass is 16.3. The van der Waals surface area contributed by atoms with Crippen molar-refractivity contribution in [3.63, 3.8) is 0 Å². The van der Waals surface area contributed by atoms with Crippen LogP contribution in [0.5, 0.6) is 0 Å². The van der Waals surface area contributed by atoms with Crippen molar-refractivity contribution in [1.82, 2.24) is 29.3 Å². The molecule has 2 atom stereocenters. The number of aliphatic hydroxyl groups is 1. The molecular formula is C27H38N8O. The maximum atomic E-state index is 9.98. The number of aliphatic hydroxyl groups excluding tert-OH is 1. The molecule has 6 rings (SSSR count). The van der Waals surface area contributed by atoms with Crippen LogP contribution in [0, 0.1) is 0 Å². The van der Waals surface area contributed by atoms with Crippen LogP contribution in [0.1, 0.15) is 56.6 Å². The van der Waals surface area contributed by atoms with Gasteiger partial charge in [0, 0.05) is 50.5 Å². The molecule has 9 heteroatoms. The lowest BCUT2D eigenvalue weighted by Crippen LogP contribution is -2.43. The lowest BCUT2D eigenvalue weighted by Gasteiger charge is -2.32. The second kappa shape index (κ2) is 10.3. The van der Waals surface area contributed by atoms with E-state index in [0.717, 1.165) is 74.7 Å². The second-order valence-corrected chi connectivity index (χ2v) is 10.9. The first-order valence-corrected chi connectivity index (χ1v) is 13.6. The molecule has 9 nitrogen and oxygen atoms in total. The van der Waals surface area contributed by atoms with E-state index in [1.165, 1.54) is 31.2 Å². The number of aromatic nitrogens is 4. The van der Waals surface area contributed by atoms with E-state index in [4.69, 9.17) is 15.0 Å². The van der Waals surface area contributed by atoms with Crippen molar-refractivity contribution < 1.29 is 5.11 Å². The molecule has 192 valence electrons. The van der Waals surface area contributed by atoms with Gasteiger partial charge in [0.25, 0.3) is 0 Å². The molecule has 3 aliphatic rings. The smallest absolute Gasteiger partial charge is 0.227 e. The molecule has 0 spiro atoms. The van der Waals surface area contributed by atoms with E-state index >= 15 is 0 Å². The maximum Gasteiger partial charge on any atom is 0.227 e. The van der Waals surface area contributed by atoms with Crippen LogP contribution in [0.25, 0.3) is 11.2 Å². The third-order valence-electron chi connectivity index (χ3n) is 8.10. The average molecular weight is 491 g/mol. The minimum Gasteiger partial charge on any atom is -0.393 e. The van der Waals surface area contributed by atoms with Crippen LogP contribution in [0.2, 0.25) is 0 Å². The van der Waals surface area contributed by atoms with Gasteiger partial charge in [-0.2, -0.15) is 9.97 Å². The number of benzene rings is 1. The molecular weight excluding hydrogens is 452 g/mol. The average Bonchev–Trinajstić information content (AvgIpc) is 3.63. The summed E-state index contributed by atoms with van der Waals surface area (Å²) in [4.78, 5) is 19.4. The summed E-state index contributed by atoms with van der Waals surface area (Å²) in [7, 11) is 2.19. The molecule has 3 aromatic rings. The number of rotatable bonds is 7. The molecule has 0 amide bonds. The number of imidazole rings is 1. The molecule has 2 aliphatic carbocycles. The van der Waals surface area contributed by atoms with Gasteiger partial charge in [-0.3, -0.25) is 4.90 Å². The number of hydrogen-bond acceptors (Lipinski definition) is 8. The minimum atomic E-state index is -0.239. The van der Waals surface area contributed by atoms with Crippen LogP contribution in [0.3, 0.4) is 0 Å². The number of nitrogens with zero attached hydrogens (tertiary/aromatic N) is 6. The standard InChI is InChI=1S/C27H38N8O/c1-33-12-14-34(15-13-33)17-19-6-8-20(9-7-19)29-25-24-26(35(18-28-24)22-4-2-3-5-22)32-27(31-25)30-21-10-11-23(36)16-21/h6-9,18,21-23,36H,2-5,10-17H2,1H3,(H2,29,30,31,32). The molecule has 3 N–H and O–H groups in total. The van der Waals surface area contributed by atoms with Crippen LogP contribution in [-0.4, -0.2) is 79.8 Å². The van der Waals surface area contributed by atoms with E-state index < -0.39 is 0 Å². The highest BCUT2D eigenvalue weighted by Gasteiger charge is 2.26. The lowest BCUT2D eigenvalue weighted by atomic mass is 10.2. The predicted molar refractivity (Wildman–Crippen MR) is 143 cm³/mol. The van der Waals surface area contributed by atoms with Crippen molar-refractivity contribution in [3.8, 4) is 0 Å². The summed E-state index contributed by atoms with van der Waals surface area (Å²) in [6, 6.07) is 9.32. The van der Waals surface area contributed by atoms with Crippen LogP contribution in [0.4, 0.5) is 17.5 Å². The van der Waals surface area contributed by atoms with Gasteiger partial charge in [0.05, 0.1) is 12.4 Å². The first kappa shape index (κ1) is 23.6. The van der Waals surface area contributed by atoms with Gasteiger partial charge in [-0.05, 0) is 56.8 Å². The second-order valence-electron chi connectivity index (χ2n) is 10.9. The fraction of sp³-hybridized carbons (Fsp3) is 0.593. The monoisotopic (exact) mass is 490 g/mol. The first-order valence-electron chi connectivity index (χ1n) is 13.6. The van der Waals surface area contributed by atoms with E-state index in [9.17, 15) is 5.11 Å². The zero-order valence-electron chi connectivity index (χ0n) is 21.2. The molecule has 1 aromatic carbocycles. The Morgan fingerprint density at radius 2 is 1.75 bits per heavy atom. The Kier molecular flexibility index (Phi) is 6.77. The van der Waals surface area contributed by atoms with E-state index in [1.807, 2.05) is 6.33 Å². The number of fused-ring (bicyclic) bond motifs is 1. The van der Waals surface area contributed by atoms with Crippen molar-refractivity contribution in [3.05, 3.63) is 36.2 Å². The van der Waals surface area contributed by atoms with Crippen LogP contribution < -0.4 is 10.6 Å². The van der Waals surface area contributed by atoms with Crippen molar-refractivity contribution in [1.29, 1.82) is 0 Å². The Hall–Kier alpha value is -2.75. The van der Waals surface area contributed by atoms with Crippen molar-refractivity contribution in [2.45, 2.75) is 69.7 Å². The Morgan fingerprint density at radius 1 is 0.972 bits per heavy atom.